The highest BCUT2D eigenvalue weighted by atomic mass is 16.4. The van der Waals surface area contributed by atoms with Crippen molar-refractivity contribution in [3.63, 3.8) is 0 Å². The predicted octanol–water partition coefficient (Wildman–Crippen LogP) is 1.33. The molecule has 0 aliphatic carbocycles. The minimum absolute atomic E-state index is 0.169. The molecule has 1 saturated heterocycles. The number of amidine groups is 1. The summed E-state index contributed by atoms with van der Waals surface area (Å²) in [5.74, 6) is 0.169. The van der Waals surface area contributed by atoms with Gasteiger partial charge in [-0.25, -0.2) is 0 Å². The van der Waals surface area contributed by atoms with Gasteiger partial charge >= 0.3 is 5.97 Å². The first-order chi connectivity index (χ1) is 10.2. The zero-order chi connectivity index (χ0) is 14.7. The zero-order valence-corrected chi connectivity index (χ0v) is 12.1. The first-order valence-corrected chi connectivity index (χ1v) is 7.56. The van der Waals surface area contributed by atoms with Gasteiger partial charge in [0.1, 0.15) is 5.84 Å². The molecule has 112 valence electrons. The number of carboxylic acid groups (broad SMARTS) is 1. The van der Waals surface area contributed by atoms with Crippen molar-refractivity contribution >= 4 is 11.8 Å². The standard InChI is InChI=1S/C16H21N3O2/c20-16(21)12-5-9-19(10-6-12)11-13-3-1-2-4-14(13)15-17-7-8-18-15/h1-4,12H,5-11H2,(H,17,18)(H,20,21). The highest BCUT2D eigenvalue weighted by Gasteiger charge is 2.25. The summed E-state index contributed by atoms with van der Waals surface area (Å²) >= 11 is 0. The van der Waals surface area contributed by atoms with Crippen molar-refractivity contribution < 1.29 is 9.90 Å². The molecule has 5 nitrogen and oxygen atoms in total. The molecular formula is C16H21N3O2. The van der Waals surface area contributed by atoms with E-state index in [4.69, 9.17) is 5.11 Å². The molecule has 1 aromatic rings. The van der Waals surface area contributed by atoms with E-state index in [9.17, 15) is 4.79 Å². The molecule has 0 bridgehead atoms. The molecule has 2 aliphatic rings. The zero-order valence-electron chi connectivity index (χ0n) is 12.1. The molecule has 0 atom stereocenters. The van der Waals surface area contributed by atoms with Crippen LogP contribution in [0.1, 0.15) is 24.0 Å². The molecule has 21 heavy (non-hydrogen) atoms. The number of benzene rings is 1. The van der Waals surface area contributed by atoms with Crippen molar-refractivity contribution in [2.45, 2.75) is 19.4 Å². The van der Waals surface area contributed by atoms with Crippen molar-refractivity contribution in [1.82, 2.24) is 10.2 Å². The van der Waals surface area contributed by atoms with Crippen molar-refractivity contribution in [3.8, 4) is 0 Å². The Kier molecular flexibility index (Phi) is 4.20. The van der Waals surface area contributed by atoms with Gasteiger partial charge < -0.3 is 10.4 Å². The van der Waals surface area contributed by atoms with Crippen LogP contribution in [0.25, 0.3) is 0 Å². The van der Waals surface area contributed by atoms with E-state index < -0.39 is 5.97 Å². The van der Waals surface area contributed by atoms with Gasteiger partial charge in [-0.1, -0.05) is 24.3 Å². The molecule has 0 unspecified atom stereocenters. The maximum atomic E-state index is 11.0. The highest BCUT2D eigenvalue weighted by Crippen LogP contribution is 2.21. The van der Waals surface area contributed by atoms with Crippen LogP contribution in [0.15, 0.2) is 29.3 Å². The normalized spacial score (nSPS) is 20.1. The fourth-order valence-electron chi connectivity index (χ4n) is 3.05. The summed E-state index contributed by atoms with van der Waals surface area (Å²) in [6, 6.07) is 8.34. The lowest BCUT2D eigenvalue weighted by Crippen LogP contribution is -2.36. The van der Waals surface area contributed by atoms with Crippen LogP contribution in [0.5, 0.6) is 0 Å². The predicted molar refractivity (Wildman–Crippen MR) is 81.5 cm³/mol. The Balaban J connectivity index is 1.67. The average Bonchev–Trinajstić information content (AvgIpc) is 3.02. The monoisotopic (exact) mass is 287 g/mol. The maximum Gasteiger partial charge on any atom is 0.306 e. The highest BCUT2D eigenvalue weighted by molar-refractivity contribution is 6.00. The minimum atomic E-state index is -0.653. The molecule has 5 heteroatoms. The third-order valence-electron chi connectivity index (χ3n) is 4.28. The van der Waals surface area contributed by atoms with Gasteiger partial charge in [0.05, 0.1) is 12.5 Å². The SMILES string of the molecule is O=C(O)C1CCN(Cc2ccccc2C2=NCCN2)CC1. The molecular weight excluding hydrogens is 266 g/mol. The van der Waals surface area contributed by atoms with E-state index in [1.807, 2.05) is 6.07 Å². The van der Waals surface area contributed by atoms with Gasteiger partial charge in [0.15, 0.2) is 0 Å². The van der Waals surface area contributed by atoms with E-state index >= 15 is 0 Å². The summed E-state index contributed by atoms with van der Waals surface area (Å²) in [4.78, 5) is 17.9. The van der Waals surface area contributed by atoms with Crippen LogP contribution < -0.4 is 5.32 Å². The van der Waals surface area contributed by atoms with E-state index in [2.05, 4.69) is 33.4 Å². The second-order valence-electron chi connectivity index (χ2n) is 5.70. The summed E-state index contributed by atoms with van der Waals surface area (Å²) in [7, 11) is 0. The molecule has 0 spiro atoms. The lowest BCUT2D eigenvalue weighted by Gasteiger charge is -2.30. The summed E-state index contributed by atoms with van der Waals surface area (Å²) < 4.78 is 0. The molecule has 2 aliphatic heterocycles. The molecule has 0 amide bonds. The number of aliphatic carboxylic acids is 1. The van der Waals surface area contributed by atoms with Gasteiger partial charge in [-0.3, -0.25) is 14.7 Å². The van der Waals surface area contributed by atoms with E-state index in [1.54, 1.807) is 0 Å². The fourth-order valence-corrected chi connectivity index (χ4v) is 3.05. The number of likely N-dealkylation sites (tertiary alicyclic amines) is 1. The van der Waals surface area contributed by atoms with Crippen LogP contribution in [0, 0.1) is 5.92 Å². The quantitative estimate of drug-likeness (QED) is 0.877. The van der Waals surface area contributed by atoms with E-state index in [0.717, 1.165) is 51.4 Å². The van der Waals surface area contributed by atoms with Gasteiger partial charge in [0.25, 0.3) is 0 Å². The summed E-state index contributed by atoms with van der Waals surface area (Å²) in [5, 5.41) is 12.4. The summed E-state index contributed by atoms with van der Waals surface area (Å²) in [6.07, 6.45) is 1.49. The molecule has 2 heterocycles. The molecule has 2 N–H and O–H groups in total. The second kappa shape index (κ2) is 6.26. The largest absolute Gasteiger partial charge is 0.481 e. The number of hydrogen-bond donors (Lipinski definition) is 2. The molecule has 1 aromatic carbocycles. The number of nitrogens with zero attached hydrogens (tertiary/aromatic N) is 2. The van der Waals surface area contributed by atoms with Gasteiger partial charge in [-0.05, 0) is 31.5 Å². The van der Waals surface area contributed by atoms with Crippen LogP contribution in [-0.2, 0) is 11.3 Å². The molecule has 0 saturated carbocycles. The number of nitrogens with one attached hydrogen (secondary N) is 1. The first-order valence-electron chi connectivity index (χ1n) is 7.56. The molecule has 1 fully saturated rings. The first kappa shape index (κ1) is 14.1. The fraction of sp³-hybridized carbons (Fsp3) is 0.500. The van der Waals surface area contributed by atoms with E-state index in [-0.39, 0.29) is 5.92 Å². The number of hydrogen-bond acceptors (Lipinski definition) is 4. The Bertz CT molecular complexity index is 548. The van der Waals surface area contributed by atoms with Gasteiger partial charge in [0.2, 0.25) is 0 Å². The summed E-state index contributed by atoms with van der Waals surface area (Å²) in [5.41, 5.74) is 2.44. The third kappa shape index (κ3) is 3.24. The topological polar surface area (TPSA) is 64.9 Å². The van der Waals surface area contributed by atoms with Crippen LogP contribution in [0.3, 0.4) is 0 Å². The van der Waals surface area contributed by atoms with Crippen LogP contribution in [-0.4, -0.2) is 48.0 Å². The number of carbonyl (C=O) groups is 1. The van der Waals surface area contributed by atoms with Crippen molar-refractivity contribution in [2.75, 3.05) is 26.2 Å². The molecule has 0 aromatic heterocycles. The van der Waals surface area contributed by atoms with Gasteiger partial charge in [-0.2, -0.15) is 0 Å². The number of piperidine rings is 1. The second-order valence-corrected chi connectivity index (χ2v) is 5.70. The Morgan fingerprint density at radius 2 is 2.10 bits per heavy atom. The lowest BCUT2D eigenvalue weighted by atomic mass is 9.96. The number of rotatable bonds is 4. The Morgan fingerprint density at radius 1 is 1.33 bits per heavy atom. The number of aliphatic imine (C=N–C) groups is 1. The van der Waals surface area contributed by atoms with E-state index in [0.29, 0.717) is 0 Å². The molecule has 3 rings (SSSR count). The lowest BCUT2D eigenvalue weighted by molar-refractivity contribution is -0.143. The van der Waals surface area contributed by atoms with Crippen LogP contribution in [0.2, 0.25) is 0 Å². The maximum absolute atomic E-state index is 11.0. The van der Waals surface area contributed by atoms with Gasteiger partial charge in [-0.15, -0.1) is 0 Å². The van der Waals surface area contributed by atoms with Gasteiger partial charge in [0, 0.05) is 18.7 Å². The van der Waals surface area contributed by atoms with Crippen LogP contribution >= 0.6 is 0 Å². The average molecular weight is 287 g/mol. The Labute approximate surface area is 124 Å². The number of carboxylic acids is 1. The Morgan fingerprint density at radius 3 is 2.76 bits per heavy atom. The minimum Gasteiger partial charge on any atom is -0.481 e. The van der Waals surface area contributed by atoms with Crippen molar-refractivity contribution in [3.05, 3.63) is 35.4 Å². The summed E-state index contributed by atoms with van der Waals surface area (Å²) in [6.45, 7) is 4.32. The van der Waals surface area contributed by atoms with Crippen molar-refractivity contribution in [2.24, 2.45) is 10.9 Å². The third-order valence-corrected chi connectivity index (χ3v) is 4.28. The smallest absolute Gasteiger partial charge is 0.306 e. The molecule has 0 radical (unpaired) electrons. The Hall–Kier alpha value is -1.88. The van der Waals surface area contributed by atoms with Crippen molar-refractivity contribution in [1.29, 1.82) is 0 Å². The van der Waals surface area contributed by atoms with Crippen LogP contribution in [0.4, 0.5) is 0 Å². The van der Waals surface area contributed by atoms with E-state index in [1.165, 1.54) is 11.1 Å².